The monoisotopic (exact) mass is 306 g/mol. The Bertz CT molecular complexity index is 407. The van der Waals surface area contributed by atoms with Crippen molar-refractivity contribution in [1.29, 1.82) is 0 Å². The Morgan fingerprint density at radius 1 is 1.09 bits per heavy atom. The number of ether oxygens (including phenoxy) is 1. The second kappa shape index (κ2) is 12.3. The summed E-state index contributed by atoms with van der Waals surface area (Å²) in [5.74, 6) is 0.409. The molecule has 22 heavy (non-hydrogen) atoms. The molecule has 0 aromatic heterocycles. The summed E-state index contributed by atoms with van der Waals surface area (Å²) in [6.07, 6.45) is 11.9. The molecule has 0 aromatic carbocycles. The van der Waals surface area contributed by atoms with E-state index >= 15 is 0 Å². The Hall–Kier alpha value is -1.31. The standard InChI is InChI=1S/C20H34O2/c1-7-19(8-2)12-10-11-16(4)13-17(5)14-18(6)15-20(21)22-9-3/h12,14-16H,7-11,13H2,1-6H3/b17-14+,18-15+. The average Bonchev–Trinajstić information content (AvgIpc) is 2.43. The molecule has 0 fully saturated rings. The third-order valence-electron chi connectivity index (χ3n) is 3.78. The van der Waals surface area contributed by atoms with E-state index in [9.17, 15) is 4.79 Å². The van der Waals surface area contributed by atoms with Gasteiger partial charge < -0.3 is 4.74 Å². The highest BCUT2D eigenvalue weighted by atomic mass is 16.5. The highest BCUT2D eigenvalue weighted by molar-refractivity contribution is 5.83. The van der Waals surface area contributed by atoms with Crippen molar-refractivity contribution in [3.05, 3.63) is 34.9 Å². The predicted molar refractivity (Wildman–Crippen MR) is 95.8 cm³/mol. The van der Waals surface area contributed by atoms with Crippen LogP contribution in [-0.2, 0) is 9.53 Å². The molecule has 0 aliphatic carbocycles. The van der Waals surface area contributed by atoms with E-state index in [0.717, 1.165) is 12.0 Å². The molecule has 2 nitrogen and oxygen atoms in total. The van der Waals surface area contributed by atoms with Gasteiger partial charge in [-0.15, -0.1) is 0 Å². The van der Waals surface area contributed by atoms with E-state index in [2.05, 4.69) is 39.8 Å². The van der Waals surface area contributed by atoms with E-state index in [0.29, 0.717) is 12.5 Å². The molecule has 0 aliphatic heterocycles. The smallest absolute Gasteiger partial charge is 0.330 e. The summed E-state index contributed by atoms with van der Waals surface area (Å²) in [5.41, 5.74) is 3.84. The van der Waals surface area contributed by atoms with Crippen LogP contribution in [0.3, 0.4) is 0 Å². The second-order valence-electron chi connectivity index (χ2n) is 6.09. The topological polar surface area (TPSA) is 26.3 Å². The van der Waals surface area contributed by atoms with Crippen molar-refractivity contribution in [2.24, 2.45) is 5.92 Å². The summed E-state index contributed by atoms with van der Waals surface area (Å²) >= 11 is 0. The molecule has 0 heterocycles. The molecule has 1 unspecified atom stereocenters. The van der Waals surface area contributed by atoms with Gasteiger partial charge >= 0.3 is 5.97 Å². The highest BCUT2D eigenvalue weighted by Gasteiger charge is 2.03. The summed E-state index contributed by atoms with van der Waals surface area (Å²) < 4.78 is 4.92. The van der Waals surface area contributed by atoms with Gasteiger partial charge in [-0.3, -0.25) is 0 Å². The lowest BCUT2D eigenvalue weighted by Gasteiger charge is -2.11. The van der Waals surface area contributed by atoms with E-state index in [1.807, 2.05) is 13.8 Å². The molecule has 0 saturated carbocycles. The van der Waals surface area contributed by atoms with Gasteiger partial charge in [0.05, 0.1) is 6.61 Å². The maximum Gasteiger partial charge on any atom is 0.330 e. The van der Waals surface area contributed by atoms with Gasteiger partial charge in [0.25, 0.3) is 0 Å². The van der Waals surface area contributed by atoms with Gasteiger partial charge in [0.2, 0.25) is 0 Å². The predicted octanol–water partition coefficient (Wildman–Crippen LogP) is 5.99. The van der Waals surface area contributed by atoms with Crippen LogP contribution in [0, 0.1) is 5.92 Å². The Kier molecular flexibility index (Phi) is 11.5. The van der Waals surface area contributed by atoms with Crippen LogP contribution in [0.5, 0.6) is 0 Å². The number of carbonyl (C=O) groups excluding carboxylic acids is 1. The fraction of sp³-hybridized carbons (Fsp3) is 0.650. The molecule has 0 saturated heterocycles. The van der Waals surface area contributed by atoms with Crippen LogP contribution in [0.15, 0.2) is 34.9 Å². The number of rotatable bonds is 10. The summed E-state index contributed by atoms with van der Waals surface area (Å²) in [7, 11) is 0. The first kappa shape index (κ1) is 20.7. The normalized spacial score (nSPS) is 13.7. The van der Waals surface area contributed by atoms with Gasteiger partial charge in [0.15, 0.2) is 0 Å². The zero-order valence-corrected chi connectivity index (χ0v) is 15.4. The number of hydrogen-bond acceptors (Lipinski definition) is 2. The fourth-order valence-corrected chi connectivity index (χ4v) is 2.62. The molecule has 0 N–H and O–H groups in total. The van der Waals surface area contributed by atoms with Crippen molar-refractivity contribution in [3.8, 4) is 0 Å². The van der Waals surface area contributed by atoms with Crippen LogP contribution < -0.4 is 0 Å². The lowest BCUT2D eigenvalue weighted by Crippen LogP contribution is -2.00. The maximum atomic E-state index is 11.4. The first-order chi connectivity index (χ1) is 10.4. The van der Waals surface area contributed by atoms with E-state index in [4.69, 9.17) is 4.74 Å². The highest BCUT2D eigenvalue weighted by Crippen LogP contribution is 2.19. The van der Waals surface area contributed by atoms with Gasteiger partial charge in [-0.05, 0) is 64.4 Å². The third-order valence-corrected chi connectivity index (χ3v) is 3.78. The lowest BCUT2D eigenvalue weighted by molar-refractivity contribution is -0.137. The first-order valence-corrected chi connectivity index (χ1v) is 8.62. The summed E-state index contributed by atoms with van der Waals surface area (Å²) in [4.78, 5) is 11.4. The van der Waals surface area contributed by atoms with Gasteiger partial charge in [-0.2, -0.15) is 0 Å². The van der Waals surface area contributed by atoms with Gasteiger partial charge in [-0.25, -0.2) is 4.79 Å². The minimum absolute atomic E-state index is 0.256. The molecule has 0 spiro atoms. The molecule has 0 rings (SSSR count). The van der Waals surface area contributed by atoms with Gasteiger partial charge in [0.1, 0.15) is 0 Å². The lowest BCUT2D eigenvalue weighted by atomic mass is 9.95. The van der Waals surface area contributed by atoms with E-state index in [-0.39, 0.29) is 5.97 Å². The molecule has 0 bridgehead atoms. The van der Waals surface area contributed by atoms with Crippen LogP contribution in [0.2, 0.25) is 0 Å². The number of allylic oxidation sites excluding steroid dienone is 5. The number of hydrogen-bond donors (Lipinski definition) is 0. The van der Waals surface area contributed by atoms with Gasteiger partial charge in [-0.1, -0.05) is 44.1 Å². The molecule has 0 aliphatic rings. The van der Waals surface area contributed by atoms with Crippen molar-refractivity contribution in [3.63, 3.8) is 0 Å². The number of carbonyl (C=O) groups is 1. The van der Waals surface area contributed by atoms with Crippen LogP contribution in [0.25, 0.3) is 0 Å². The average molecular weight is 306 g/mol. The van der Waals surface area contributed by atoms with Crippen molar-refractivity contribution in [1.82, 2.24) is 0 Å². The summed E-state index contributed by atoms with van der Waals surface area (Å²) in [6.45, 7) is 13.1. The largest absolute Gasteiger partial charge is 0.463 e. The summed E-state index contributed by atoms with van der Waals surface area (Å²) in [6, 6.07) is 0. The Balaban J connectivity index is 4.34. The van der Waals surface area contributed by atoms with Crippen LogP contribution in [0.1, 0.15) is 73.6 Å². The minimum atomic E-state index is -0.256. The van der Waals surface area contributed by atoms with Crippen LogP contribution >= 0.6 is 0 Å². The van der Waals surface area contributed by atoms with E-state index in [1.165, 1.54) is 31.3 Å². The van der Waals surface area contributed by atoms with Crippen molar-refractivity contribution < 1.29 is 9.53 Å². The molecule has 126 valence electrons. The van der Waals surface area contributed by atoms with Crippen molar-refractivity contribution >= 4 is 5.97 Å². The molecule has 0 amide bonds. The Morgan fingerprint density at radius 3 is 2.27 bits per heavy atom. The Morgan fingerprint density at radius 2 is 1.73 bits per heavy atom. The zero-order chi connectivity index (χ0) is 17.0. The molecule has 0 radical (unpaired) electrons. The van der Waals surface area contributed by atoms with E-state index in [1.54, 1.807) is 11.6 Å². The zero-order valence-electron chi connectivity index (χ0n) is 15.4. The van der Waals surface area contributed by atoms with Gasteiger partial charge in [0, 0.05) is 6.08 Å². The fourth-order valence-electron chi connectivity index (χ4n) is 2.62. The minimum Gasteiger partial charge on any atom is -0.463 e. The molecular weight excluding hydrogens is 272 g/mol. The molecule has 1 atom stereocenters. The molecule has 2 heteroatoms. The third kappa shape index (κ3) is 10.4. The number of esters is 1. The maximum absolute atomic E-state index is 11.4. The molecular formula is C20H34O2. The molecule has 0 aromatic rings. The Labute approximate surface area is 137 Å². The van der Waals surface area contributed by atoms with E-state index < -0.39 is 0 Å². The quantitative estimate of drug-likeness (QED) is 0.214. The van der Waals surface area contributed by atoms with Crippen LogP contribution in [0.4, 0.5) is 0 Å². The first-order valence-electron chi connectivity index (χ1n) is 8.62. The SMILES string of the molecule is CCOC(=O)/C=C(C)/C=C(\C)CC(C)CCC=C(CC)CC. The second-order valence-corrected chi connectivity index (χ2v) is 6.09. The van der Waals surface area contributed by atoms with Crippen molar-refractivity contribution in [2.75, 3.05) is 6.61 Å². The van der Waals surface area contributed by atoms with Crippen LogP contribution in [-0.4, -0.2) is 12.6 Å². The summed E-state index contributed by atoms with van der Waals surface area (Å²) in [5, 5.41) is 0. The van der Waals surface area contributed by atoms with Crippen molar-refractivity contribution in [2.45, 2.75) is 73.6 Å².